The van der Waals surface area contributed by atoms with Crippen molar-refractivity contribution in [3.05, 3.63) is 0 Å². The number of hydrogen-bond donors (Lipinski definition) is 1. The summed E-state index contributed by atoms with van der Waals surface area (Å²) < 4.78 is 5.39. The van der Waals surface area contributed by atoms with Gasteiger partial charge in [-0.1, -0.05) is 0 Å². The third-order valence-corrected chi connectivity index (χ3v) is 3.03. The Kier molecular flexibility index (Phi) is 6.95. The van der Waals surface area contributed by atoms with E-state index in [1.165, 1.54) is 0 Å². The Bertz CT molecular complexity index is 361. The lowest BCUT2D eigenvalue weighted by molar-refractivity contribution is 0.0276. The van der Waals surface area contributed by atoms with E-state index in [1.54, 1.807) is 4.90 Å². The van der Waals surface area contributed by atoms with Crippen molar-refractivity contribution in [1.29, 1.82) is 0 Å². The molecule has 6 nitrogen and oxygen atoms in total. The number of ether oxygens (including phenoxy) is 1. The Morgan fingerprint density at radius 2 is 2.10 bits per heavy atom. The summed E-state index contributed by atoms with van der Waals surface area (Å²) in [7, 11) is 4.16. The summed E-state index contributed by atoms with van der Waals surface area (Å²) in [5.74, 6) is 0.886. The number of rotatable bonds is 5. The highest BCUT2D eigenvalue weighted by Gasteiger charge is 2.24. The summed E-state index contributed by atoms with van der Waals surface area (Å²) in [6.45, 7) is 9.42. The summed E-state index contributed by atoms with van der Waals surface area (Å²) in [6, 6.07) is 0. The predicted molar refractivity (Wildman–Crippen MR) is 85.9 cm³/mol. The second kappa shape index (κ2) is 8.22. The Balaban J connectivity index is 2.28. The molecule has 0 aromatic rings. The van der Waals surface area contributed by atoms with Crippen molar-refractivity contribution in [2.45, 2.75) is 39.2 Å². The van der Waals surface area contributed by atoms with Gasteiger partial charge in [-0.25, -0.2) is 4.79 Å². The maximum Gasteiger partial charge on any atom is 0.410 e. The molecule has 0 aromatic heterocycles. The van der Waals surface area contributed by atoms with E-state index in [0.717, 1.165) is 31.8 Å². The highest BCUT2D eigenvalue weighted by Crippen LogP contribution is 2.10. The first-order chi connectivity index (χ1) is 9.78. The van der Waals surface area contributed by atoms with Crippen molar-refractivity contribution in [2.24, 2.45) is 4.99 Å². The molecule has 1 heterocycles. The summed E-state index contributed by atoms with van der Waals surface area (Å²) in [5, 5.41) is 3.33. The molecule has 6 heteroatoms. The molecule has 0 bridgehead atoms. The average Bonchev–Trinajstić information content (AvgIpc) is 2.36. The minimum absolute atomic E-state index is 0.260. The number of carbonyl (C=O) groups excluding carboxylic acids is 1. The number of aliphatic imine (C=N–C) groups is 1. The van der Waals surface area contributed by atoms with Crippen LogP contribution in [-0.2, 0) is 4.74 Å². The minimum Gasteiger partial charge on any atom is -0.444 e. The fourth-order valence-corrected chi connectivity index (χ4v) is 2.00. The molecule has 21 heavy (non-hydrogen) atoms. The van der Waals surface area contributed by atoms with E-state index in [-0.39, 0.29) is 6.09 Å². The van der Waals surface area contributed by atoms with Gasteiger partial charge in [0.1, 0.15) is 11.4 Å². The first-order valence-electron chi connectivity index (χ1n) is 7.68. The number of hydrogen-bond acceptors (Lipinski definition) is 5. The van der Waals surface area contributed by atoms with E-state index in [1.807, 2.05) is 20.8 Å². The fourth-order valence-electron chi connectivity index (χ4n) is 2.00. The molecule has 1 amide bonds. The Morgan fingerprint density at radius 3 is 2.71 bits per heavy atom. The lowest BCUT2D eigenvalue weighted by Gasteiger charge is -2.30. The molecule has 122 valence electrons. The van der Waals surface area contributed by atoms with Gasteiger partial charge in [0.05, 0.1) is 13.1 Å². The van der Waals surface area contributed by atoms with Gasteiger partial charge in [0.2, 0.25) is 0 Å². The van der Waals surface area contributed by atoms with Crippen molar-refractivity contribution < 1.29 is 9.53 Å². The van der Waals surface area contributed by atoms with Gasteiger partial charge in [-0.05, 0) is 54.3 Å². The largest absolute Gasteiger partial charge is 0.444 e. The van der Waals surface area contributed by atoms with Gasteiger partial charge in [0.15, 0.2) is 0 Å². The van der Waals surface area contributed by atoms with E-state index in [2.05, 4.69) is 29.3 Å². The van der Waals surface area contributed by atoms with Gasteiger partial charge in [0.25, 0.3) is 0 Å². The Morgan fingerprint density at radius 1 is 1.38 bits per heavy atom. The molecule has 1 rings (SSSR count). The quantitative estimate of drug-likeness (QED) is 0.783. The fraction of sp³-hybridized carbons (Fsp3) is 0.867. The van der Waals surface area contributed by atoms with Gasteiger partial charge in [-0.3, -0.25) is 9.89 Å². The molecule has 0 fully saturated rings. The molecule has 0 saturated carbocycles. The van der Waals surface area contributed by atoms with Crippen LogP contribution >= 0.6 is 0 Å². The molecule has 0 aliphatic carbocycles. The van der Waals surface area contributed by atoms with Crippen LogP contribution < -0.4 is 5.32 Å². The van der Waals surface area contributed by atoms with E-state index in [4.69, 9.17) is 4.74 Å². The average molecular weight is 298 g/mol. The summed E-state index contributed by atoms with van der Waals surface area (Å²) in [5.41, 5.74) is -0.453. The summed E-state index contributed by atoms with van der Waals surface area (Å²) in [6.07, 6.45) is 2.00. The second-order valence-electron chi connectivity index (χ2n) is 6.67. The molecule has 1 N–H and O–H groups in total. The van der Waals surface area contributed by atoms with Gasteiger partial charge in [-0.2, -0.15) is 0 Å². The number of amidine groups is 1. The summed E-state index contributed by atoms with van der Waals surface area (Å²) >= 11 is 0. The smallest absolute Gasteiger partial charge is 0.410 e. The highest BCUT2D eigenvalue weighted by atomic mass is 16.6. The molecule has 1 aliphatic heterocycles. The van der Waals surface area contributed by atoms with Crippen LogP contribution in [0.5, 0.6) is 0 Å². The van der Waals surface area contributed by atoms with Crippen LogP contribution in [0.4, 0.5) is 4.79 Å². The Hall–Kier alpha value is -1.30. The third-order valence-electron chi connectivity index (χ3n) is 3.03. The number of nitrogens with zero attached hydrogens (tertiary/aromatic N) is 3. The van der Waals surface area contributed by atoms with Gasteiger partial charge < -0.3 is 15.0 Å². The molecular weight excluding hydrogens is 268 g/mol. The predicted octanol–water partition coefficient (Wildman–Crippen LogP) is 1.57. The van der Waals surface area contributed by atoms with Crippen molar-refractivity contribution >= 4 is 11.9 Å². The van der Waals surface area contributed by atoms with Gasteiger partial charge in [0, 0.05) is 13.1 Å². The number of carbonyl (C=O) groups is 1. The van der Waals surface area contributed by atoms with Gasteiger partial charge >= 0.3 is 6.09 Å². The molecule has 0 radical (unpaired) electrons. The SMILES string of the molecule is CN(C)CCCCNC1=NCCN(C(=O)OC(C)(C)C)C1. The molecule has 0 unspecified atom stereocenters. The zero-order valence-corrected chi connectivity index (χ0v) is 14.1. The standard InChI is InChI=1S/C15H30N4O2/c1-15(2,3)21-14(20)19-11-9-17-13(12-19)16-8-6-7-10-18(4)5/h6-12H2,1-5H3,(H,16,17). The molecule has 0 saturated heterocycles. The van der Waals surface area contributed by atoms with Crippen molar-refractivity contribution in [3.8, 4) is 0 Å². The second-order valence-corrected chi connectivity index (χ2v) is 6.67. The van der Waals surface area contributed by atoms with Crippen LogP contribution in [0.3, 0.4) is 0 Å². The Labute approximate surface area is 128 Å². The van der Waals surface area contributed by atoms with E-state index in [0.29, 0.717) is 19.6 Å². The normalized spacial score (nSPS) is 15.9. The van der Waals surface area contributed by atoms with E-state index >= 15 is 0 Å². The van der Waals surface area contributed by atoms with Crippen LogP contribution in [-0.4, -0.2) is 74.1 Å². The van der Waals surface area contributed by atoms with E-state index in [9.17, 15) is 4.79 Å². The first kappa shape index (κ1) is 17.8. The van der Waals surface area contributed by atoms with Crippen LogP contribution in [0, 0.1) is 0 Å². The maximum atomic E-state index is 12.0. The van der Waals surface area contributed by atoms with E-state index < -0.39 is 5.60 Å². The van der Waals surface area contributed by atoms with Crippen LogP contribution in [0.2, 0.25) is 0 Å². The molecule has 0 aromatic carbocycles. The molecule has 1 aliphatic rings. The van der Waals surface area contributed by atoms with Crippen LogP contribution in [0.1, 0.15) is 33.6 Å². The zero-order valence-electron chi connectivity index (χ0n) is 14.1. The number of nitrogens with one attached hydrogen (secondary N) is 1. The molecular formula is C15H30N4O2. The monoisotopic (exact) mass is 298 g/mol. The van der Waals surface area contributed by atoms with Crippen LogP contribution in [0.15, 0.2) is 4.99 Å². The van der Waals surface area contributed by atoms with Crippen molar-refractivity contribution in [3.63, 3.8) is 0 Å². The third kappa shape index (κ3) is 7.90. The number of unbranched alkanes of at least 4 members (excludes halogenated alkanes) is 1. The van der Waals surface area contributed by atoms with Crippen molar-refractivity contribution in [1.82, 2.24) is 15.1 Å². The topological polar surface area (TPSA) is 57.2 Å². The van der Waals surface area contributed by atoms with Crippen LogP contribution in [0.25, 0.3) is 0 Å². The molecule has 0 atom stereocenters. The minimum atomic E-state index is -0.453. The lowest BCUT2D eigenvalue weighted by Crippen LogP contribution is -2.47. The highest BCUT2D eigenvalue weighted by molar-refractivity contribution is 5.87. The maximum absolute atomic E-state index is 12.0. The lowest BCUT2D eigenvalue weighted by atomic mass is 10.2. The van der Waals surface area contributed by atoms with Gasteiger partial charge in [-0.15, -0.1) is 0 Å². The van der Waals surface area contributed by atoms with Crippen molar-refractivity contribution in [2.75, 3.05) is 46.8 Å². The zero-order chi connectivity index (χ0) is 15.9. The number of amides is 1. The molecule has 0 spiro atoms. The summed E-state index contributed by atoms with van der Waals surface area (Å²) in [4.78, 5) is 20.4. The first-order valence-corrected chi connectivity index (χ1v) is 7.68.